The highest BCUT2D eigenvalue weighted by Gasteiger charge is 2.19. The van der Waals surface area contributed by atoms with Crippen LogP contribution in [0.2, 0.25) is 0 Å². The Morgan fingerprint density at radius 1 is 1.25 bits per heavy atom. The molecule has 1 fully saturated rings. The van der Waals surface area contributed by atoms with Crippen LogP contribution in [0.5, 0.6) is 0 Å². The number of aliphatic hydroxyl groups excluding tert-OH is 1. The van der Waals surface area contributed by atoms with Crippen molar-refractivity contribution in [3.8, 4) is 0 Å². The Kier molecular flexibility index (Phi) is 3.71. The lowest BCUT2D eigenvalue weighted by molar-refractivity contribution is 0.126. The molecule has 0 atom stereocenters. The zero-order valence-corrected chi connectivity index (χ0v) is 10.7. The van der Waals surface area contributed by atoms with Crippen molar-refractivity contribution in [2.45, 2.75) is 37.8 Å². The lowest BCUT2D eigenvalue weighted by Gasteiger charge is -2.27. The van der Waals surface area contributed by atoms with E-state index in [2.05, 4.69) is 21.2 Å². The van der Waals surface area contributed by atoms with Gasteiger partial charge in [-0.1, -0.05) is 15.9 Å². The zero-order valence-electron chi connectivity index (χ0n) is 9.12. The Hall–Kier alpha value is -0.740. The largest absolute Gasteiger partial charge is 0.397 e. The minimum atomic E-state index is -0.111. The van der Waals surface area contributed by atoms with Crippen molar-refractivity contribution in [1.82, 2.24) is 0 Å². The maximum Gasteiger partial charge on any atom is 0.0576 e. The third kappa shape index (κ3) is 2.89. The standard InChI is InChI=1S/C12H17BrN2O/c13-8-1-6-12(11(14)7-8)15-9-2-4-10(16)5-3-9/h1,6-7,9-10,15-16H,2-5,14H2. The number of hydrogen-bond donors (Lipinski definition) is 3. The van der Waals surface area contributed by atoms with Crippen LogP contribution in [0.25, 0.3) is 0 Å². The number of benzene rings is 1. The van der Waals surface area contributed by atoms with E-state index in [-0.39, 0.29) is 6.10 Å². The van der Waals surface area contributed by atoms with Crippen LogP contribution in [0.15, 0.2) is 22.7 Å². The van der Waals surface area contributed by atoms with E-state index in [0.29, 0.717) is 6.04 Å². The smallest absolute Gasteiger partial charge is 0.0576 e. The quantitative estimate of drug-likeness (QED) is 0.732. The second-order valence-corrected chi connectivity index (χ2v) is 5.30. The molecule has 0 bridgehead atoms. The molecule has 3 nitrogen and oxygen atoms in total. The molecule has 1 aromatic rings. The van der Waals surface area contributed by atoms with Crippen LogP contribution >= 0.6 is 15.9 Å². The number of nitrogens with one attached hydrogen (secondary N) is 1. The van der Waals surface area contributed by atoms with Crippen LogP contribution in [0, 0.1) is 0 Å². The lowest BCUT2D eigenvalue weighted by Crippen LogP contribution is -2.28. The summed E-state index contributed by atoms with van der Waals surface area (Å²) in [6.07, 6.45) is 3.68. The summed E-state index contributed by atoms with van der Waals surface area (Å²) >= 11 is 3.39. The summed E-state index contributed by atoms with van der Waals surface area (Å²) in [5.74, 6) is 0. The molecule has 0 heterocycles. The predicted molar refractivity (Wildman–Crippen MR) is 70.4 cm³/mol. The molecule has 4 N–H and O–H groups in total. The van der Waals surface area contributed by atoms with Crippen LogP contribution in [0.1, 0.15) is 25.7 Å². The van der Waals surface area contributed by atoms with Gasteiger partial charge in [0.1, 0.15) is 0 Å². The summed E-state index contributed by atoms with van der Waals surface area (Å²) in [4.78, 5) is 0. The van der Waals surface area contributed by atoms with Crippen LogP contribution in [0.3, 0.4) is 0 Å². The minimum Gasteiger partial charge on any atom is -0.397 e. The number of nitrogen functional groups attached to an aromatic ring is 1. The molecule has 1 aliphatic rings. The fourth-order valence-electron chi connectivity index (χ4n) is 2.11. The number of nitrogens with two attached hydrogens (primary N) is 1. The molecule has 0 radical (unpaired) electrons. The average molecular weight is 285 g/mol. The average Bonchev–Trinajstić information content (AvgIpc) is 2.25. The van der Waals surface area contributed by atoms with E-state index in [9.17, 15) is 5.11 Å². The maximum atomic E-state index is 9.43. The normalized spacial score (nSPS) is 25.4. The highest BCUT2D eigenvalue weighted by molar-refractivity contribution is 9.10. The van der Waals surface area contributed by atoms with E-state index >= 15 is 0 Å². The van der Waals surface area contributed by atoms with Crippen molar-refractivity contribution in [3.05, 3.63) is 22.7 Å². The molecule has 1 saturated carbocycles. The predicted octanol–water partition coefficient (Wildman–Crippen LogP) is 2.75. The topological polar surface area (TPSA) is 58.3 Å². The molecular formula is C12H17BrN2O. The van der Waals surface area contributed by atoms with Crippen molar-refractivity contribution in [2.75, 3.05) is 11.1 Å². The Bertz CT molecular complexity index is 362. The van der Waals surface area contributed by atoms with Crippen LogP contribution in [-0.2, 0) is 0 Å². The first kappa shape index (κ1) is 11.7. The monoisotopic (exact) mass is 284 g/mol. The molecule has 4 heteroatoms. The third-order valence-electron chi connectivity index (χ3n) is 3.07. The van der Waals surface area contributed by atoms with Crippen LogP contribution < -0.4 is 11.1 Å². The summed E-state index contributed by atoms with van der Waals surface area (Å²) < 4.78 is 0.995. The van der Waals surface area contributed by atoms with Gasteiger partial charge >= 0.3 is 0 Å². The van der Waals surface area contributed by atoms with Gasteiger partial charge in [-0.2, -0.15) is 0 Å². The Morgan fingerprint density at radius 3 is 2.56 bits per heavy atom. The maximum absolute atomic E-state index is 9.43. The van der Waals surface area contributed by atoms with Gasteiger partial charge < -0.3 is 16.2 Å². The first-order valence-electron chi connectivity index (χ1n) is 5.65. The fraction of sp³-hybridized carbons (Fsp3) is 0.500. The first-order valence-corrected chi connectivity index (χ1v) is 6.44. The molecule has 2 rings (SSSR count). The van der Waals surface area contributed by atoms with Gasteiger partial charge in [-0.15, -0.1) is 0 Å². The molecule has 0 amide bonds. The number of halogens is 1. The molecule has 16 heavy (non-hydrogen) atoms. The van der Waals surface area contributed by atoms with Crippen molar-refractivity contribution in [1.29, 1.82) is 0 Å². The summed E-state index contributed by atoms with van der Waals surface area (Å²) in [6, 6.07) is 6.31. The van der Waals surface area contributed by atoms with Crippen LogP contribution in [-0.4, -0.2) is 17.3 Å². The van der Waals surface area contributed by atoms with Crippen molar-refractivity contribution < 1.29 is 5.11 Å². The van der Waals surface area contributed by atoms with Gasteiger partial charge in [-0.25, -0.2) is 0 Å². The highest BCUT2D eigenvalue weighted by Crippen LogP contribution is 2.27. The molecule has 0 saturated heterocycles. The summed E-state index contributed by atoms with van der Waals surface area (Å²) in [5, 5.41) is 12.9. The van der Waals surface area contributed by atoms with Gasteiger partial charge in [0.05, 0.1) is 17.5 Å². The second-order valence-electron chi connectivity index (χ2n) is 4.38. The van der Waals surface area contributed by atoms with Gasteiger partial charge in [0.25, 0.3) is 0 Å². The van der Waals surface area contributed by atoms with Crippen molar-refractivity contribution >= 4 is 27.3 Å². The van der Waals surface area contributed by atoms with Gasteiger partial charge in [-0.05, 0) is 43.9 Å². The van der Waals surface area contributed by atoms with Crippen molar-refractivity contribution in [3.63, 3.8) is 0 Å². The Labute approximate surface area is 104 Å². The van der Waals surface area contributed by atoms with Crippen LogP contribution in [0.4, 0.5) is 11.4 Å². The zero-order chi connectivity index (χ0) is 11.5. The summed E-state index contributed by atoms with van der Waals surface area (Å²) in [7, 11) is 0. The molecule has 1 aromatic carbocycles. The number of rotatable bonds is 2. The molecular weight excluding hydrogens is 268 g/mol. The van der Waals surface area contributed by atoms with Gasteiger partial charge in [0, 0.05) is 10.5 Å². The highest BCUT2D eigenvalue weighted by atomic mass is 79.9. The minimum absolute atomic E-state index is 0.111. The molecule has 1 aliphatic carbocycles. The lowest BCUT2D eigenvalue weighted by atomic mass is 9.93. The number of anilines is 2. The molecule has 88 valence electrons. The van der Waals surface area contributed by atoms with E-state index in [1.54, 1.807) is 0 Å². The van der Waals surface area contributed by atoms with Gasteiger partial charge in [0.2, 0.25) is 0 Å². The van der Waals surface area contributed by atoms with E-state index in [0.717, 1.165) is 41.5 Å². The molecule has 0 spiro atoms. The van der Waals surface area contributed by atoms with E-state index in [1.807, 2.05) is 18.2 Å². The fourth-order valence-corrected chi connectivity index (χ4v) is 2.48. The number of aliphatic hydroxyl groups is 1. The van der Waals surface area contributed by atoms with Crippen molar-refractivity contribution in [2.24, 2.45) is 0 Å². The molecule has 0 unspecified atom stereocenters. The third-order valence-corrected chi connectivity index (χ3v) is 3.56. The molecule has 0 aliphatic heterocycles. The second kappa shape index (κ2) is 5.06. The Morgan fingerprint density at radius 2 is 1.94 bits per heavy atom. The van der Waals surface area contributed by atoms with E-state index in [4.69, 9.17) is 5.73 Å². The molecule has 0 aromatic heterocycles. The van der Waals surface area contributed by atoms with E-state index in [1.165, 1.54) is 0 Å². The van der Waals surface area contributed by atoms with Gasteiger partial charge in [-0.3, -0.25) is 0 Å². The van der Waals surface area contributed by atoms with Gasteiger partial charge in [0.15, 0.2) is 0 Å². The SMILES string of the molecule is Nc1cc(Br)ccc1NC1CCC(O)CC1. The summed E-state index contributed by atoms with van der Waals surface area (Å²) in [5.41, 5.74) is 7.68. The number of hydrogen-bond acceptors (Lipinski definition) is 3. The Balaban J connectivity index is 1.98. The summed E-state index contributed by atoms with van der Waals surface area (Å²) in [6.45, 7) is 0. The van der Waals surface area contributed by atoms with E-state index < -0.39 is 0 Å². The first-order chi connectivity index (χ1) is 7.65.